The van der Waals surface area contributed by atoms with Gasteiger partial charge in [-0.2, -0.15) is 0 Å². The molecule has 0 aliphatic heterocycles. The standard InChI is InChI=1S/C25H23BO2.C2H6/c1-3-9-18-14-15-19(16-17(18)4-2)24-20-10-5-7-12-22(20)25(26(27)28)23-13-8-6-11-21(23)24;1-2/h4-16,27-28H,3H2,1-2H3;1-2H3/b17-4-,18-9-;. The van der Waals surface area contributed by atoms with E-state index in [0.29, 0.717) is 5.46 Å². The Morgan fingerprint density at radius 1 is 0.767 bits per heavy atom. The van der Waals surface area contributed by atoms with Crippen molar-refractivity contribution in [3.63, 3.8) is 0 Å². The quantitative estimate of drug-likeness (QED) is 0.399. The van der Waals surface area contributed by atoms with Crippen molar-refractivity contribution >= 4 is 46.3 Å². The van der Waals surface area contributed by atoms with E-state index in [4.69, 9.17) is 0 Å². The van der Waals surface area contributed by atoms with Crippen LogP contribution >= 0.6 is 0 Å². The van der Waals surface area contributed by atoms with Gasteiger partial charge >= 0.3 is 7.12 Å². The van der Waals surface area contributed by atoms with Crippen molar-refractivity contribution in [3.05, 3.63) is 77.2 Å². The zero-order valence-electron chi connectivity index (χ0n) is 18.2. The number of fused-ring (bicyclic) bond motifs is 2. The van der Waals surface area contributed by atoms with E-state index in [1.165, 1.54) is 10.4 Å². The lowest BCUT2D eigenvalue weighted by atomic mass is 9.72. The lowest BCUT2D eigenvalue weighted by Gasteiger charge is -2.17. The average molecular weight is 396 g/mol. The van der Waals surface area contributed by atoms with Crippen LogP contribution in [0.2, 0.25) is 0 Å². The van der Waals surface area contributed by atoms with Gasteiger partial charge in [-0.25, -0.2) is 0 Å². The summed E-state index contributed by atoms with van der Waals surface area (Å²) in [7, 11) is -1.52. The summed E-state index contributed by atoms with van der Waals surface area (Å²) in [4.78, 5) is 0. The Kier molecular flexibility index (Phi) is 7.09. The lowest BCUT2D eigenvalue weighted by Crippen LogP contribution is -2.31. The molecule has 4 aromatic carbocycles. The second kappa shape index (κ2) is 9.75. The van der Waals surface area contributed by atoms with E-state index < -0.39 is 7.12 Å². The summed E-state index contributed by atoms with van der Waals surface area (Å²) in [5.74, 6) is 0. The highest BCUT2D eigenvalue weighted by Crippen LogP contribution is 2.34. The van der Waals surface area contributed by atoms with E-state index in [1.807, 2.05) is 50.2 Å². The zero-order chi connectivity index (χ0) is 21.7. The van der Waals surface area contributed by atoms with Gasteiger partial charge in [0.15, 0.2) is 0 Å². The van der Waals surface area contributed by atoms with Crippen LogP contribution in [0.4, 0.5) is 0 Å². The van der Waals surface area contributed by atoms with Crippen LogP contribution in [0, 0.1) is 0 Å². The fourth-order valence-electron chi connectivity index (χ4n) is 4.14. The summed E-state index contributed by atoms with van der Waals surface area (Å²) in [5.41, 5.74) is 2.82. The van der Waals surface area contributed by atoms with Crippen molar-refractivity contribution in [2.24, 2.45) is 0 Å². The highest BCUT2D eigenvalue weighted by molar-refractivity contribution is 6.66. The van der Waals surface area contributed by atoms with E-state index in [2.05, 4.69) is 56.3 Å². The third kappa shape index (κ3) is 3.91. The van der Waals surface area contributed by atoms with Gasteiger partial charge in [-0.05, 0) is 68.0 Å². The predicted octanol–water partition coefficient (Wildman–Crippen LogP) is 4.36. The molecular formula is C27H29BO2. The van der Waals surface area contributed by atoms with Crippen LogP contribution in [0.25, 0.3) is 44.8 Å². The average Bonchev–Trinajstić information content (AvgIpc) is 2.79. The van der Waals surface area contributed by atoms with E-state index in [-0.39, 0.29) is 0 Å². The highest BCUT2D eigenvalue weighted by Gasteiger charge is 2.21. The molecule has 0 saturated heterocycles. The molecule has 0 aliphatic rings. The predicted molar refractivity (Wildman–Crippen MR) is 132 cm³/mol. The number of rotatable bonds is 3. The topological polar surface area (TPSA) is 40.5 Å². The van der Waals surface area contributed by atoms with Crippen LogP contribution in [0.5, 0.6) is 0 Å². The summed E-state index contributed by atoms with van der Waals surface area (Å²) in [6.45, 7) is 8.21. The number of hydrogen-bond donors (Lipinski definition) is 2. The maximum Gasteiger partial charge on any atom is 0.489 e. The van der Waals surface area contributed by atoms with Gasteiger partial charge in [-0.3, -0.25) is 0 Å². The maximum absolute atomic E-state index is 10.1. The van der Waals surface area contributed by atoms with Crippen molar-refractivity contribution in [3.8, 4) is 11.1 Å². The molecule has 2 N–H and O–H groups in total. The summed E-state index contributed by atoms with van der Waals surface area (Å²) in [5, 5.41) is 26.5. The molecule has 4 aromatic rings. The molecule has 0 atom stereocenters. The van der Waals surface area contributed by atoms with Crippen LogP contribution in [0.3, 0.4) is 0 Å². The van der Waals surface area contributed by atoms with Gasteiger partial charge in [0.05, 0.1) is 0 Å². The molecule has 0 heterocycles. The monoisotopic (exact) mass is 396 g/mol. The largest absolute Gasteiger partial charge is 0.489 e. The Morgan fingerprint density at radius 3 is 1.77 bits per heavy atom. The van der Waals surface area contributed by atoms with Gasteiger partial charge in [0.25, 0.3) is 0 Å². The van der Waals surface area contributed by atoms with Crippen LogP contribution in [-0.2, 0) is 0 Å². The SMILES string of the molecule is C/C=c1/cc(-c2c3ccccc3c(B(O)O)c3ccccc23)cc/c1=C/CC.CC. The van der Waals surface area contributed by atoms with Crippen LogP contribution in [0.1, 0.15) is 34.1 Å². The maximum atomic E-state index is 10.1. The first-order valence-electron chi connectivity index (χ1n) is 10.7. The second-order valence-electron chi connectivity index (χ2n) is 7.00. The van der Waals surface area contributed by atoms with Crippen molar-refractivity contribution < 1.29 is 10.0 Å². The third-order valence-corrected chi connectivity index (χ3v) is 5.34. The van der Waals surface area contributed by atoms with Gasteiger partial charge < -0.3 is 10.0 Å². The Morgan fingerprint density at radius 2 is 1.30 bits per heavy atom. The van der Waals surface area contributed by atoms with E-state index in [9.17, 15) is 10.0 Å². The fourth-order valence-corrected chi connectivity index (χ4v) is 4.14. The molecule has 0 aromatic heterocycles. The van der Waals surface area contributed by atoms with E-state index in [1.54, 1.807) is 0 Å². The molecule has 0 spiro atoms. The molecule has 0 bridgehead atoms. The van der Waals surface area contributed by atoms with Crippen molar-refractivity contribution in [1.29, 1.82) is 0 Å². The minimum atomic E-state index is -1.52. The Bertz CT molecular complexity index is 1230. The van der Waals surface area contributed by atoms with Crippen molar-refractivity contribution in [2.45, 2.75) is 34.1 Å². The summed E-state index contributed by atoms with van der Waals surface area (Å²) < 4.78 is 0. The molecule has 0 amide bonds. The fraction of sp³-hybridized carbons (Fsp3) is 0.185. The molecule has 0 radical (unpaired) electrons. The van der Waals surface area contributed by atoms with Crippen molar-refractivity contribution in [2.75, 3.05) is 0 Å². The first-order chi connectivity index (χ1) is 14.7. The molecule has 0 fully saturated rings. The third-order valence-electron chi connectivity index (χ3n) is 5.34. The van der Waals surface area contributed by atoms with Gasteiger partial charge in [0.2, 0.25) is 0 Å². The molecule has 2 nitrogen and oxygen atoms in total. The minimum Gasteiger partial charge on any atom is -0.423 e. The summed E-state index contributed by atoms with van der Waals surface area (Å²) >= 11 is 0. The Labute approximate surface area is 179 Å². The molecule has 3 heteroatoms. The molecular weight excluding hydrogens is 367 g/mol. The summed E-state index contributed by atoms with van der Waals surface area (Å²) in [6, 6.07) is 22.5. The minimum absolute atomic E-state index is 0.563. The van der Waals surface area contributed by atoms with Crippen LogP contribution in [0.15, 0.2) is 66.7 Å². The molecule has 0 aliphatic carbocycles. The Hall–Kier alpha value is -2.88. The molecule has 0 saturated carbocycles. The Balaban J connectivity index is 0.00000124. The van der Waals surface area contributed by atoms with Gasteiger partial charge in [0.1, 0.15) is 0 Å². The number of hydrogen-bond acceptors (Lipinski definition) is 2. The molecule has 152 valence electrons. The summed E-state index contributed by atoms with van der Waals surface area (Å²) in [6.07, 6.45) is 5.37. The molecule has 30 heavy (non-hydrogen) atoms. The van der Waals surface area contributed by atoms with Crippen LogP contribution in [-0.4, -0.2) is 17.2 Å². The number of benzene rings is 4. The highest BCUT2D eigenvalue weighted by atomic mass is 16.4. The van der Waals surface area contributed by atoms with Gasteiger partial charge in [-0.1, -0.05) is 93.6 Å². The van der Waals surface area contributed by atoms with Crippen molar-refractivity contribution in [1.82, 2.24) is 0 Å². The first kappa shape index (κ1) is 21.8. The first-order valence-corrected chi connectivity index (χ1v) is 10.7. The van der Waals surface area contributed by atoms with Gasteiger partial charge in [-0.15, -0.1) is 0 Å². The van der Waals surface area contributed by atoms with E-state index in [0.717, 1.165) is 39.1 Å². The zero-order valence-corrected chi connectivity index (χ0v) is 18.2. The normalized spacial score (nSPS) is 12.2. The second-order valence-corrected chi connectivity index (χ2v) is 7.00. The van der Waals surface area contributed by atoms with Gasteiger partial charge in [0, 0.05) is 0 Å². The van der Waals surface area contributed by atoms with E-state index >= 15 is 0 Å². The van der Waals surface area contributed by atoms with Crippen LogP contribution < -0.4 is 15.9 Å². The lowest BCUT2D eigenvalue weighted by molar-refractivity contribution is 0.426. The molecule has 0 unspecified atom stereocenters. The molecule has 4 rings (SSSR count). The smallest absolute Gasteiger partial charge is 0.423 e.